The Hall–Kier alpha value is -0.980. The lowest BCUT2D eigenvalue weighted by Crippen LogP contribution is -1.94. The van der Waals surface area contributed by atoms with Crippen molar-refractivity contribution < 1.29 is 9.84 Å². The minimum absolute atomic E-state index is 0.00614. The maximum Gasteiger partial charge on any atom is 0.166 e. The van der Waals surface area contributed by atoms with Crippen LogP contribution in [0.5, 0.6) is 11.5 Å². The zero-order chi connectivity index (χ0) is 15.4. The van der Waals surface area contributed by atoms with Gasteiger partial charge in [0, 0.05) is 26.4 Å². The van der Waals surface area contributed by atoms with Gasteiger partial charge >= 0.3 is 0 Å². The van der Waals surface area contributed by atoms with Crippen LogP contribution in [0.2, 0.25) is 10.0 Å². The minimum Gasteiger partial charge on any atom is -0.504 e. The van der Waals surface area contributed by atoms with Crippen LogP contribution in [0, 0.1) is 3.57 Å². The van der Waals surface area contributed by atoms with E-state index < -0.39 is 0 Å². The number of ether oxygens (including phenoxy) is 1. The van der Waals surface area contributed by atoms with E-state index in [1.807, 2.05) is 25.1 Å². The van der Waals surface area contributed by atoms with E-state index in [0.717, 1.165) is 3.57 Å². The number of benzene rings is 2. The molecule has 0 heterocycles. The van der Waals surface area contributed by atoms with Crippen molar-refractivity contribution in [3.63, 3.8) is 0 Å². The lowest BCUT2D eigenvalue weighted by molar-refractivity contribution is 0.318. The van der Waals surface area contributed by atoms with Crippen LogP contribution in [-0.2, 0) is 0 Å². The molecule has 110 valence electrons. The molecule has 6 heteroatoms. The summed E-state index contributed by atoms with van der Waals surface area (Å²) in [6, 6.07) is 8.71. The molecule has 0 radical (unpaired) electrons. The van der Waals surface area contributed by atoms with Crippen molar-refractivity contribution in [2.75, 3.05) is 6.61 Å². The summed E-state index contributed by atoms with van der Waals surface area (Å²) in [5.41, 5.74) is 1.09. The van der Waals surface area contributed by atoms with Crippen LogP contribution in [0.25, 0.3) is 0 Å². The number of nitrogens with zero attached hydrogens (tertiary/aromatic N) is 1. The Morgan fingerprint density at radius 1 is 1.29 bits per heavy atom. The van der Waals surface area contributed by atoms with E-state index >= 15 is 0 Å². The Morgan fingerprint density at radius 3 is 2.71 bits per heavy atom. The van der Waals surface area contributed by atoms with Gasteiger partial charge in [-0.15, -0.1) is 0 Å². The fourth-order valence-electron chi connectivity index (χ4n) is 1.68. The summed E-state index contributed by atoms with van der Waals surface area (Å²) in [6.07, 6.45) is 1.51. The van der Waals surface area contributed by atoms with Crippen molar-refractivity contribution in [1.29, 1.82) is 0 Å². The predicted molar refractivity (Wildman–Crippen MR) is 95.7 cm³/mol. The first kappa shape index (κ1) is 16.4. The third-order valence-electron chi connectivity index (χ3n) is 2.62. The van der Waals surface area contributed by atoms with Gasteiger partial charge < -0.3 is 9.84 Å². The van der Waals surface area contributed by atoms with Gasteiger partial charge in [-0.25, -0.2) is 0 Å². The Bertz CT molecular complexity index is 690. The highest BCUT2D eigenvalue weighted by Gasteiger charge is 2.09. The van der Waals surface area contributed by atoms with Gasteiger partial charge in [-0.2, -0.15) is 0 Å². The zero-order valence-corrected chi connectivity index (χ0v) is 14.8. The Balaban J connectivity index is 2.36. The van der Waals surface area contributed by atoms with Crippen LogP contribution < -0.4 is 4.74 Å². The summed E-state index contributed by atoms with van der Waals surface area (Å²) in [6.45, 7) is 2.27. The first-order valence-electron chi connectivity index (χ1n) is 6.15. The molecule has 0 saturated heterocycles. The standard InChI is InChI=1S/C15H12Cl2INO2/c1-2-21-14-6-10(16)5-9(15(14)20)8-19-13-4-3-11(18)7-12(13)17/h3-8,20H,2H2,1H3. The van der Waals surface area contributed by atoms with Crippen LogP contribution in [0.15, 0.2) is 35.3 Å². The smallest absolute Gasteiger partial charge is 0.166 e. The van der Waals surface area contributed by atoms with Crippen LogP contribution in [-0.4, -0.2) is 17.9 Å². The average molecular weight is 436 g/mol. The number of phenolic OH excluding ortho intramolecular Hbond substituents is 1. The fraction of sp³-hybridized carbons (Fsp3) is 0.133. The highest BCUT2D eigenvalue weighted by Crippen LogP contribution is 2.33. The molecule has 2 rings (SSSR count). The summed E-state index contributed by atoms with van der Waals surface area (Å²) in [7, 11) is 0. The second-order valence-electron chi connectivity index (χ2n) is 4.13. The van der Waals surface area contributed by atoms with Gasteiger partial charge in [0.2, 0.25) is 0 Å². The molecule has 3 nitrogen and oxygen atoms in total. The topological polar surface area (TPSA) is 41.8 Å². The molecular formula is C15H12Cl2INO2. The van der Waals surface area contributed by atoms with Crippen LogP contribution >= 0.6 is 45.8 Å². The van der Waals surface area contributed by atoms with Crippen LogP contribution in [0.1, 0.15) is 12.5 Å². The van der Waals surface area contributed by atoms with Crippen molar-refractivity contribution in [3.8, 4) is 11.5 Å². The van der Waals surface area contributed by atoms with E-state index in [4.69, 9.17) is 27.9 Å². The van der Waals surface area contributed by atoms with E-state index in [0.29, 0.717) is 33.7 Å². The second kappa shape index (κ2) is 7.33. The summed E-state index contributed by atoms with van der Waals surface area (Å²) in [5.74, 6) is 0.340. The van der Waals surface area contributed by atoms with E-state index in [1.165, 1.54) is 6.21 Å². The Labute approximate surface area is 146 Å². The van der Waals surface area contributed by atoms with Gasteiger partial charge in [0.1, 0.15) is 0 Å². The number of halogens is 3. The van der Waals surface area contributed by atoms with Gasteiger partial charge in [-0.1, -0.05) is 23.2 Å². The van der Waals surface area contributed by atoms with Gasteiger partial charge in [-0.05, 0) is 53.8 Å². The highest BCUT2D eigenvalue weighted by atomic mass is 127. The number of hydrogen-bond acceptors (Lipinski definition) is 3. The monoisotopic (exact) mass is 435 g/mol. The molecule has 0 aliphatic rings. The number of aromatic hydroxyl groups is 1. The molecule has 2 aromatic rings. The van der Waals surface area contributed by atoms with E-state index in [9.17, 15) is 5.11 Å². The van der Waals surface area contributed by atoms with Gasteiger partial charge in [0.25, 0.3) is 0 Å². The van der Waals surface area contributed by atoms with Gasteiger partial charge in [0.05, 0.1) is 17.3 Å². The lowest BCUT2D eigenvalue weighted by atomic mass is 10.2. The maximum absolute atomic E-state index is 10.1. The lowest BCUT2D eigenvalue weighted by Gasteiger charge is -2.08. The quantitative estimate of drug-likeness (QED) is 0.512. The number of rotatable bonds is 4. The molecule has 0 unspecified atom stereocenters. The molecule has 0 atom stereocenters. The predicted octanol–water partition coefficient (Wildman–Crippen LogP) is 5.45. The first-order valence-corrected chi connectivity index (χ1v) is 7.99. The Morgan fingerprint density at radius 2 is 2.05 bits per heavy atom. The molecule has 0 spiro atoms. The molecule has 1 N–H and O–H groups in total. The average Bonchev–Trinajstić information content (AvgIpc) is 2.42. The maximum atomic E-state index is 10.1. The normalized spacial score (nSPS) is 11.0. The number of phenols is 1. The number of aliphatic imine (C=N–C) groups is 1. The summed E-state index contributed by atoms with van der Waals surface area (Å²) in [5, 5.41) is 11.1. The summed E-state index contributed by atoms with van der Waals surface area (Å²) in [4.78, 5) is 4.29. The third-order valence-corrected chi connectivity index (χ3v) is 3.81. The van der Waals surface area contributed by atoms with Crippen molar-refractivity contribution >= 4 is 57.7 Å². The molecule has 0 saturated carbocycles. The van der Waals surface area contributed by atoms with Crippen LogP contribution in [0.4, 0.5) is 5.69 Å². The van der Waals surface area contributed by atoms with Crippen molar-refractivity contribution in [3.05, 3.63) is 49.5 Å². The molecule has 0 aliphatic carbocycles. The molecule has 21 heavy (non-hydrogen) atoms. The van der Waals surface area contributed by atoms with Crippen molar-refractivity contribution in [1.82, 2.24) is 0 Å². The van der Waals surface area contributed by atoms with E-state index in [-0.39, 0.29) is 5.75 Å². The zero-order valence-electron chi connectivity index (χ0n) is 11.1. The molecule has 0 bridgehead atoms. The molecule has 0 fully saturated rings. The fourth-order valence-corrected chi connectivity index (χ4v) is 2.80. The van der Waals surface area contributed by atoms with E-state index in [2.05, 4.69) is 27.6 Å². The summed E-state index contributed by atoms with van der Waals surface area (Å²) < 4.78 is 6.35. The highest BCUT2D eigenvalue weighted by molar-refractivity contribution is 14.1. The number of hydrogen-bond donors (Lipinski definition) is 1. The Kier molecular flexibility index (Phi) is 5.72. The van der Waals surface area contributed by atoms with E-state index in [1.54, 1.807) is 12.1 Å². The van der Waals surface area contributed by atoms with Crippen molar-refractivity contribution in [2.24, 2.45) is 4.99 Å². The molecular weight excluding hydrogens is 424 g/mol. The van der Waals surface area contributed by atoms with Gasteiger partial charge in [-0.3, -0.25) is 4.99 Å². The summed E-state index contributed by atoms with van der Waals surface area (Å²) >= 11 is 14.3. The molecule has 0 amide bonds. The third kappa shape index (κ3) is 4.25. The molecule has 0 aromatic heterocycles. The van der Waals surface area contributed by atoms with Crippen molar-refractivity contribution in [2.45, 2.75) is 6.92 Å². The molecule has 0 aliphatic heterocycles. The van der Waals surface area contributed by atoms with Gasteiger partial charge in [0.15, 0.2) is 11.5 Å². The minimum atomic E-state index is 0.00614. The first-order chi connectivity index (χ1) is 10.0. The largest absolute Gasteiger partial charge is 0.504 e. The molecule has 2 aromatic carbocycles. The second-order valence-corrected chi connectivity index (χ2v) is 6.22. The SMILES string of the molecule is CCOc1cc(Cl)cc(C=Nc2ccc(I)cc2Cl)c1O. The van der Waals surface area contributed by atoms with Crippen LogP contribution in [0.3, 0.4) is 0 Å².